The molecule has 7 heteroatoms. The summed E-state index contributed by atoms with van der Waals surface area (Å²) in [5.41, 5.74) is 5.48. The van der Waals surface area contributed by atoms with Gasteiger partial charge in [-0.25, -0.2) is 14.2 Å². The van der Waals surface area contributed by atoms with Gasteiger partial charge in [0.2, 0.25) is 5.78 Å². The standard InChI is InChI=1S/C13H13FN2O4/c14-8-4-5-9-11(7-8)20-12(16-9)10(17)3-1-2-6-19-13(15)18/h4-5,7H,1-3,6H2,(H2,15,18). The summed E-state index contributed by atoms with van der Waals surface area (Å²) in [6.07, 6.45) is 0.400. The maximum atomic E-state index is 13.0. The Morgan fingerprint density at radius 3 is 2.90 bits per heavy atom. The van der Waals surface area contributed by atoms with Gasteiger partial charge in [-0.3, -0.25) is 4.79 Å². The van der Waals surface area contributed by atoms with Gasteiger partial charge in [0.05, 0.1) is 6.61 Å². The highest BCUT2D eigenvalue weighted by molar-refractivity contribution is 5.94. The van der Waals surface area contributed by atoms with Gasteiger partial charge in [0.15, 0.2) is 5.58 Å². The maximum absolute atomic E-state index is 13.0. The summed E-state index contributed by atoms with van der Waals surface area (Å²) >= 11 is 0. The summed E-state index contributed by atoms with van der Waals surface area (Å²) in [5, 5.41) is 0. The molecule has 0 aliphatic heterocycles. The number of ketones is 1. The lowest BCUT2D eigenvalue weighted by Crippen LogP contribution is -2.13. The van der Waals surface area contributed by atoms with E-state index in [2.05, 4.69) is 9.72 Å². The molecule has 106 valence electrons. The summed E-state index contributed by atoms with van der Waals surface area (Å²) in [6, 6.07) is 3.88. The minimum Gasteiger partial charge on any atom is -0.450 e. The van der Waals surface area contributed by atoms with E-state index in [0.29, 0.717) is 18.4 Å². The number of carbonyl (C=O) groups excluding carboxylic acids is 2. The number of ether oxygens (including phenoxy) is 1. The van der Waals surface area contributed by atoms with Crippen molar-refractivity contribution in [3.05, 3.63) is 29.9 Å². The van der Waals surface area contributed by atoms with Gasteiger partial charge in [-0.2, -0.15) is 0 Å². The van der Waals surface area contributed by atoms with Gasteiger partial charge in [0.25, 0.3) is 5.89 Å². The average Bonchev–Trinajstić information content (AvgIpc) is 2.80. The van der Waals surface area contributed by atoms with Crippen LogP contribution in [-0.2, 0) is 4.74 Å². The molecule has 0 atom stereocenters. The molecule has 0 bridgehead atoms. The van der Waals surface area contributed by atoms with Crippen molar-refractivity contribution in [1.29, 1.82) is 0 Å². The Morgan fingerprint density at radius 1 is 1.35 bits per heavy atom. The molecule has 2 rings (SSSR count). The van der Waals surface area contributed by atoms with Crippen molar-refractivity contribution in [1.82, 2.24) is 4.98 Å². The number of hydrogen-bond donors (Lipinski definition) is 1. The molecule has 0 saturated carbocycles. The van der Waals surface area contributed by atoms with E-state index >= 15 is 0 Å². The lowest BCUT2D eigenvalue weighted by atomic mass is 10.2. The lowest BCUT2D eigenvalue weighted by molar-refractivity contribution is 0.0945. The van der Waals surface area contributed by atoms with Gasteiger partial charge in [0, 0.05) is 12.5 Å². The number of unbranched alkanes of at least 4 members (excludes halogenated alkanes) is 1. The summed E-state index contributed by atoms with van der Waals surface area (Å²) in [6.45, 7) is 0.168. The van der Waals surface area contributed by atoms with Gasteiger partial charge in [-0.15, -0.1) is 0 Å². The molecule has 2 N–H and O–H groups in total. The Hall–Kier alpha value is -2.44. The fourth-order valence-corrected chi connectivity index (χ4v) is 1.69. The molecule has 0 spiro atoms. The molecule has 1 amide bonds. The van der Waals surface area contributed by atoms with E-state index < -0.39 is 11.9 Å². The van der Waals surface area contributed by atoms with Crippen LogP contribution < -0.4 is 5.73 Å². The molecule has 1 aromatic carbocycles. The molecule has 0 radical (unpaired) electrons. The number of aromatic nitrogens is 1. The third kappa shape index (κ3) is 3.53. The SMILES string of the molecule is NC(=O)OCCCCC(=O)c1nc2ccc(F)cc2o1. The van der Waals surface area contributed by atoms with E-state index in [1.54, 1.807) is 0 Å². The second kappa shape index (κ2) is 6.14. The van der Waals surface area contributed by atoms with E-state index in [-0.39, 0.29) is 30.3 Å². The number of amides is 1. The number of Topliss-reactive ketones (excluding diaryl/α,β-unsaturated/α-hetero) is 1. The van der Waals surface area contributed by atoms with Gasteiger partial charge >= 0.3 is 6.09 Å². The topological polar surface area (TPSA) is 95.4 Å². The minimum atomic E-state index is -0.836. The van der Waals surface area contributed by atoms with Crippen molar-refractivity contribution < 1.29 is 23.1 Å². The number of nitrogens with zero attached hydrogens (tertiary/aromatic N) is 1. The molecule has 0 aliphatic rings. The zero-order valence-electron chi connectivity index (χ0n) is 10.6. The number of hydrogen-bond acceptors (Lipinski definition) is 5. The third-order valence-corrected chi connectivity index (χ3v) is 2.63. The molecular weight excluding hydrogens is 267 g/mol. The highest BCUT2D eigenvalue weighted by atomic mass is 19.1. The summed E-state index contributed by atoms with van der Waals surface area (Å²) in [4.78, 5) is 26.1. The Labute approximate surface area is 113 Å². The Balaban J connectivity index is 1.89. The molecule has 0 aliphatic carbocycles. The van der Waals surface area contributed by atoms with Crippen LogP contribution in [0.3, 0.4) is 0 Å². The Morgan fingerprint density at radius 2 is 2.15 bits per heavy atom. The molecule has 0 fully saturated rings. The number of carbonyl (C=O) groups is 2. The first-order valence-electron chi connectivity index (χ1n) is 6.08. The van der Waals surface area contributed by atoms with E-state index in [0.717, 1.165) is 0 Å². The number of halogens is 1. The van der Waals surface area contributed by atoms with Crippen LogP contribution in [0.1, 0.15) is 29.9 Å². The highest BCUT2D eigenvalue weighted by Gasteiger charge is 2.14. The van der Waals surface area contributed by atoms with Gasteiger partial charge < -0.3 is 14.9 Å². The molecule has 0 saturated heterocycles. The van der Waals surface area contributed by atoms with Crippen LogP contribution in [0.2, 0.25) is 0 Å². The molecule has 1 aromatic heterocycles. The Bertz CT molecular complexity index is 638. The van der Waals surface area contributed by atoms with Crippen molar-refractivity contribution in [2.75, 3.05) is 6.61 Å². The number of primary amides is 1. The lowest BCUT2D eigenvalue weighted by Gasteiger charge is -1.99. The second-order valence-electron chi connectivity index (χ2n) is 4.18. The normalized spacial score (nSPS) is 10.7. The van der Waals surface area contributed by atoms with Crippen LogP contribution in [0.4, 0.5) is 9.18 Å². The van der Waals surface area contributed by atoms with Crippen LogP contribution in [-0.4, -0.2) is 23.5 Å². The molecule has 2 aromatic rings. The molecule has 1 heterocycles. The molecular formula is C13H13FN2O4. The zero-order chi connectivity index (χ0) is 14.5. The maximum Gasteiger partial charge on any atom is 0.404 e. The number of rotatable bonds is 6. The molecule has 6 nitrogen and oxygen atoms in total. The Kier molecular flexibility index (Phi) is 4.29. The number of benzene rings is 1. The molecule has 0 unspecified atom stereocenters. The van der Waals surface area contributed by atoms with Gasteiger partial charge in [-0.05, 0) is 25.0 Å². The van der Waals surface area contributed by atoms with Crippen molar-refractivity contribution in [2.24, 2.45) is 5.73 Å². The summed E-state index contributed by atoms with van der Waals surface area (Å²) in [5.74, 6) is -0.765. The third-order valence-electron chi connectivity index (χ3n) is 2.63. The summed E-state index contributed by atoms with van der Waals surface area (Å²) in [7, 11) is 0. The van der Waals surface area contributed by atoms with E-state index in [9.17, 15) is 14.0 Å². The zero-order valence-corrected chi connectivity index (χ0v) is 10.6. The van der Waals surface area contributed by atoms with Crippen molar-refractivity contribution in [3.63, 3.8) is 0 Å². The minimum absolute atomic E-state index is 0.0404. The second-order valence-corrected chi connectivity index (χ2v) is 4.18. The first-order chi connectivity index (χ1) is 9.56. The van der Waals surface area contributed by atoms with Gasteiger partial charge in [0.1, 0.15) is 11.3 Å². The smallest absolute Gasteiger partial charge is 0.404 e. The van der Waals surface area contributed by atoms with Crippen molar-refractivity contribution in [2.45, 2.75) is 19.3 Å². The van der Waals surface area contributed by atoms with Crippen LogP contribution in [0.25, 0.3) is 11.1 Å². The number of nitrogens with two attached hydrogens (primary N) is 1. The number of fused-ring (bicyclic) bond motifs is 1. The first-order valence-corrected chi connectivity index (χ1v) is 6.08. The largest absolute Gasteiger partial charge is 0.450 e. The molecule has 20 heavy (non-hydrogen) atoms. The van der Waals surface area contributed by atoms with Crippen LogP contribution >= 0.6 is 0 Å². The van der Waals surface area contributed by atoms with Crippen molar-refractivity contribution >= 4 is 23.0 Å². The fraction of sp³-hybridized carbons (Fsp3) is 0.308. The average molecular weight is 280 g/mol. The summed E-state index contributed by atoms with van der Waals surface area (Å²) < 4.78 is 22.7. The van der Waals surface area contributed by atoms with Gasteiger partial charge in [-0.1, -0.05) is 0 Å². The highest BCUT2D eigenvalue weighted by Crippen LogP contribution is 2.18. The van der Waals surface area contributed by atoms with E-state index in [1.165, 1.54) is 18.2 Å². The fourth-order valence-electron chi connectivity index (χ4n) is 1.69. The van der Waals surface area contributed by atoms with E-state index in [1.807, 2.05) is 0 Å². The van der Waals surface area contributed by atoms with Crippen molar-refractivity contribution in [3.8, 4) is 0 Å². The predicted octanol–water partition coefficient (Wildman–Crippen LogP) is 2.42. The number of oxazole rings is 1. The van der Waals surface area contributed by atoms with Crippen LogP contribution in [0.15, 0.2) is 22.6 Å². The predicted molar refractivity (Wildman–Crippen MR) is 67.7 cm³/mol. The van der Waals surface area contributed by atoms with Crippen LogP contribution in [0.5, 0.6) is 0 Å². The monoisotopic (exact) mass is 280 g/mol. The first kappa shape index (κ1) is 14.0. The van der Waals surface area contributed by atoms with Crippen LogP contribution in [0, 0.1) is 5.82 Å². The van der Waals surface area contributed by atoms with E-state index in [4.69, 9.17) is 10.2 Å². The quantitative estimate of drug-likeness (QED) is 0.647.